The number of benzene rings is 2. The third-order valence-electron chi connectivity index (χ3n) is 3.85. The van der Waals surface area contributed by atoms with Crippen molar-refractivity contribution in [1.29, 1.82) is 0 Å². The van der Waals surface area contributed by atoms with Crippen molar-refractivity contribution in [3.8, 4) is 0 Å². The number of rotatable bonds is 4. The molecule has 0 spiro atoms. The van der Waals surface area contributed by atoms with Gasteiger partial charge in [-0.05, 0) is 50.2 Å². The van der Waals surface area contributed by atoms with Gasteiger partial charge in [0.1, 0.15) is 0 Å². The quantitative estimate of drug-likeness (QED) is 0.851. The van der Waals surface area contributed by atoms with Crippen molar-refractivity contribution >= 4 is 34.6 Å². The molecule has 0 bridgehead atoms. The molecule has 2 amide bonds. The molecule has 0 radical (unpaired) electrons. The van der Waals surface area contributed by atoms with E-state index in [4.69, 9.17) is 0 Å². The second-order valence-electron chi connectivity index (χ2n) is 6.07. The number of amides is 2. The molecule has 0 fully saturated rings. The molecule has 1 N–H and O–H groups in total. The Labute approximate surface area is 151 Å². The lowest BCUT2D eigenvalue weighted by Gasteiger charge is -2.13. The van der Waals surface area contributed by atoms with Crippen molar-refractivity contribution in [3.05, 3.63) is 54.1 Å². The van der Waals surface area contributed by atoms with Crippen LogP contribution in [0.25, 0.3) is 0 Å². The van der Waals surface area contributed by atoms with Crippen molar-refractivity contribution in [1.82, 2.24) is 0 Å². The van der Waals surface area contributed by atoms with Crippen LogP contribution in [-0.4, -0.2) is 23.6 Å². The van der Waals surface area contributed by atoms with Gasteiger partial charge in [0.05, 0.1) is 17.1 Å². The van der Waals surface area contributed by atoms with E-state index in [0.29, 0.717) is 22.8 Å². The highest BCUT2D eigenvalue weighted by Gasteiger charge is 2.34. The van der Waals surface area contributed by atoms with E-state index in [9.17, 15) is 9.59 Å². The minimum absolute atomic E-state index is 0.152. The van der Waals surface area contributed by atoms with Gasteiger partial charge in [0.25, 0.3) is 5.91 Å². The molecule has 2 aromatic carbocycles. The first-order chi connectivity index (χ1) is 12.4. The van der Waals surface area contributed by atoms with Gasteiger partial charge in [-0.3, -0.25) is 9.59 Å². The maximum absolute atomic E-state index is 12.6. The number of hydrazone groups is 1. The first kappa shape index (κ1) is 17.5. The highest BCUT2D eigenvalue weighted by atomic mass is 16.2. The fraction of sp³-hybridized carbons (Fsp3) is 0.211. The monoisotopic (exact) mass is 349 g/mol. The summed E-state index contributed by atoms with van der Waals surface area (Å²) in [5.41, 5.74) is 3.67. The normalized spacial score (nSPS) is 16.9. The molecule has 1 aliphatic heterocycles. The smallest absolute Gasteiger partial charge is 0.280 e. The maximum Gasteiger partial charge on any atom is 0.280 e. The van der Waals surface area contributed by atoms with Gasteiger partial charge in [-0.25, -0.2) is 0 Å². The average Bonchev–Trinajstić information content (AvgIpc) is 2.89. The van der Waals surface area contributed by atoms with Gasteiger partial charge >= 0.3 is 0 Å². The summed E-state index contributed by atoms with van der Waals surface area (Å²) in [5.74, 6) is -0.411. The van der Waals surface area contributed by atoms with Crippen molar-refractivity contribution in [2.24, 2.45) is 15.3 Å². The Balaban J connectivity index is 1.75. The van der Waals surface area contributed by atoms with E-state index in [1.165, 1.54) is 11.9 Å². The summed E-state index contributed by atoms with van der Waals surface area (Å²) in [4.78, 5) is 23.7. The number of hydrogen-bond donors (Lipinski definition) is 1. The van der Waals surface area contributed by atoms with Crippen LogP contribution in [0.2, 0.25) is 0 Å². The second kappa shape index (κ2) is 7.26. The molecule has 1 heterocycles. The summed E-state index contributed by atoms with van der Waals surface area (Å²) >= 11 is 0. The molecular formula is C19H19N5O2. The molecule has 0 unspecified atom stereocenters. The van der Waals surface area contributed by atoms with Crippen LogP contribution in [0.15, 0.2) is 63.9 Å². The number of azo groups is 1. The number of anilines is 2. The summed E-state index contributed by atoms with van der Waals surface area (Å²) in [5, 5.41) is 16.6. The Morgan fingerprint density at radius 2 is 1.73 bits per heavy atom. The van der Waals surface area contributed by atoms with Crippen LogP contribution in [0.5, 0.6) is 0 Å². The summed E-state index contributed by atoms with van der Waals surface area (Å²) in [6.45, 7) is 5.19. The van der Waals surface area contributed by atoms with Crippen LogP contribution >= 0.6 is 0 Å². The molecule has 3 rings (SSSR count). The van der Waals surface area contributed by atoms with Crippen molar-refractivity contribution in [2.75, 3.05) is 10.3 Å². The largest absolute Gasteiger partial charge is 0.326 e. The lowest BCUT2D eigenvalue weighted by Crippen LogP contribution is -2.29. The van der Waals surface area contributed by atoms with Gasteiger partial charge in [-0.2, -0.15) is 20.3 Å². The molecular weight excluding hydrogens is 330 g/mol. The van der Waals surface area contributed by atoms with E-state index in [-0.39, 0.29) is 11.8 Å². The Hall–Kier alpha value is -3.35. The fourth-order valence-corrected chi connectivity index (χ4v) is 2.50. The SMILES string of the molecule is CC(=O)Nc1ccc(N2N=C(C)[C@@H](N=Nc3ccc(C)cc3)C2=O)cc1. The van der Waals surface area contributed by atoms with Crippen molar-refractivity contribution in [2.45, 2.75) is 26.8 Å². The zero-order chi connectivity index (χ0) is 18.7. The van der Waals surface area contributed by atoms with Crippen LogP contribution in [-0.2, 0) is 9.59 Å². The van der Waals surface area contributed by atoms with Gasteiger partial charge in [0.15, 0.2) is 6.04 Å². The number of hydrogen-bond acceptors (Lipinski definition) is 5. The second-order valence-corrected chi connectivity index (χ2v) is 6.07. The minimum atomic E-state index is -0.730. The van der Waals surface area contributed by atoms with Gasteiger partial charge in [-0.15, -0.1) is 0 Å². The predicted octanol–water partition coefficient (Wildman–Crippen LogP) is 3.83. The third kappa shape index (κ3) is 3.83. The Kier molecular flexibility index (Phi) is 4.88. The molecule has 0 saturated carbocycles. The van der Waals surface area contributed by atoms with Gasteiger partial charge in [0.2, 0.25) is 5.91 Å². The number of carbonyl (C=O) groups excluding carboxylic acids is 2. The summed E-state index contributed by atoms with van der Waals surface area (Å²) in [6, 6.07) is 13.7. The van der Waals surface area contributed by atoms with Gasteiger partial charge in [-0.1, -0.05) is 17.7 Å². The van der Waals surface area contributed by atoms with E-state index in [1.807, 2.05) is 31.2 Å². The van der Waals surface area contributed by atoms with Gasteiger partial charge < -0.3 is 5.32 Å². The Morgan fingerprint density at radius 1 is 1.08 bits per heavy atom. The van der Waals surface area contributed by atoms with Crippen LogP contribution < -0.4 is 10.3 Å². The molecule has 1 atom stereocenters. The molecule has 7 heteroatoms. The highest BCUT2D eigenvalue weighted by Crippen LogP contribution is 2.25. The van der Waals surface area contributed by atoms with Crippen molar-refractivity contribution in [3.63, 3.8) is 0 Å². The van der Waals surface area contributed by atoms with E-state index >= 15 is 0 Å². The van der Waals surface area contributed by atoms with Gasteiger partial charge in [0, 0.05) is 12.6 Å². The minimum Gasteiger partial charge on any atom is -0.326 e. The van der Waals surface area contributed by atoms with E-state index in [2.05, 4.69) is 20.6 Å². The van der Waals surface area contributed by atoms with Crippen molar-refractivity contribution < 1.29 is 9.59 Å². The van der Waals surface area contributed by atoms with Crippen LogP contribution in [0.4, 0.5) is 17.1 Å². The standard InChI is InChI=1S/C19H19N5O2/c1-12-4-6-16(7-5-12)21-22-18-13(2)23-24(19(18)26)17-10-8-15(9-11-17)20-14(3)25/h4-11,18H,1-3H3,(H,20,25)/t18-/m1/s1. The van der Waals surface area contributed by atoms with E-state index < -0.39 is 6.04 Å². The lowest BCUT2D eigenvalue weighted by atomic mass is 10.2. The van der Waals surface area contributed by atoms with Crippen LogP contribution in [0.3, 0.4) is 0 Å². The topological polar surface area (TPSA) is 86.5 Å². The fourth-order valence-electron chi connectivity index (χ4n) is 2.50. The van der Waals surface area contributed by atoms with Crippen LogP contribution in [0.1, 0.15) is 19.4 Å². The zero-order valence-corrected chi connectivity index (χ0v) is 14.8. The summed E-state index contributed by atoms with van der Waals surface area (Å²) in [6.07, 6.45) is 0. The molecule has 0 saturated heterocycles. The molecule has 0 aromatic heterocycles. The van der Waals surface area contributed by atoms with E-state index in [1.54, 1.807) is 31.2 Å². The maximum atomic E-state index is 12.6. The molecule has 2 aromatic rings. The van der Waals surface area contributed by atoms with Crippen LogP contribution in [0, 0.1) is 6.92 Å². The lowest BCUT2D eigenvalue weighted by molar-refractivity contribution is -0.118. The number of nitrogens with zero attached hydrogens (tertiary/aromatic N) is 4. The number of carbonyl (C=O) groups is 2. The first-order valence-corrected chi connectivity index (χ1v) is 8.18. The summed E-state index contributed by atoms with van der Waals surface area (Å²) in [7, 11) is 0. The Bertz CT molecular complexity index is 885. The summed E-state index contributed by atoms with van der Waals surface area (Å²) < 4.78 is 0. The zero-order valence-electron chi connectivity index (χ0n) is 14.8. The molecule has 26 heavy (non-hydrogen) atoms. The predicted molar refractivity (Wildman–Crippen MR) is 101 cm³/mol. The first-order valence-electron chi connectivity index (χ1n) is 8.18. The third-order valence-corrected chi connectivity index (χ3v) is 3.85. The molecule has 0 aliphatic carbocycles. The number of nitrogens with one attached hydrogen (secondary N) is 1. The number of aryl methyl sites for hydroxylation is 1. The van der Waals surface area contributed by atoms with E-state index in [0.717, 1.165) is 5.56 Å². The molecule has 1 aliphatic rings. The molecule has 7 nitrogen and oxygen atoms in total. The highest BCUT2D eigenvalue weighted by molar-refractivity contribution is 6.18. The molecule has 132 valence electrons. The average molecular weight is 349 g/mol. The Morgan fingerprint density at radius 3 is 2.35 bits per heavy atom.